The van der Waals surface area contributed by atoms with Crippen molar-refractivity contribution >= 4 is 5.71 Å². The van der Waals surface area contributed by atoms with Crippen LogP contribution >= 0.6 is 0 Å². The molecule has 0 aromatic heterocycles. The lowest BCUT2D eigenvalue weighted by atomic mass is 10.1. The molecule has 0 saturated carbocycles. The highest BCUT2D eigenvalue weighted by Gasteiger charge is 2.00. The third kappa shape index (κ3) is 4.84. The molecule has 110 valence electrons. The average Bonchev–Trinajstić information content (AvgIpc) is 2.55. The topological polar surface area (TPSA) is 51.1 Å². The number of hydrogen-bond donors (Lipinski definition) is 1. The van der Waals surface area contributed by atoms with Crippen molar-refractivity contribution in [2.75, 3.05) is 13.2 Å². The standard InChI is InChI=1S/C17H19NO3/c1-14(18-19)15-7-5-10-17(13-15)21-12-6-11-20-16-8-3-2-4-9-16/h2-5,7-10,13,19H,6,11-12H2,1H3. The van der Waals surface area contributed by atoms with Crippen LogP contribution in [0.1, 0.15) is 18.9 Å². The summed E-state index contributed by atoms with van der Waals surface area (Å²) in [6.07, 6.45) is 0.798. The third-order valence-electron chi connectivity index (χ3n) is 2.97. The van der Waals surface area contributed by atoms with Gasteiger partial charge in [0.05, 0.1) is 18.9 Å². The molecule has 0 unspecified atom stereocenters. The highest BCUT2D eigenvalue weighted by Crippen LogP contribution is 2.14. The Morgan fingerprint density at radius 2 is 1.62 bits per heavy atom. The summed E-state index contributed by atoms with van der Waals surface area (Å²) in [5.41, 5.74) is 1.41. The highest BCUT2D eigenvalue weighted by atomic mass is 16.5. The van der Waals surface area contributed by atoms with Crippen LogP contribution in [0.2, 0.25) is 0 Å². The number of ether oxygens (including phenoxy) is 2. The first-order chi connectivity index (χ1) is 10.3. The summed E-state index contributed by atoms with van der Waals surface area (Å²) in [6.45, 7) is 2.93. The number of rotatable bonds is 7. The molecule has 4 heteroatoms. The Bertz CT molecular complexity index is 582. The minimum absolute atomic E-state index is 0.563. The quantitative estimate of drug-likeness (QED) is 0.365. The largest absolute Gasteiger partial charge is 0.493 e. The molecule has 0 fully saturated rings. The zero-order valence-corrected chi connectivity index (χ0v) is 12.0. The van der Waals surface area contributed by atoms with E-state index in [1.54, 1.807) is 6.92 Å². The second-order valence-electron chi connectivity index (χ2n) is 4.58. The molecule has 0 aliphatic heterocycles. The maximum atomic E-state index is 8.76. The van der Waals surface area contributed by atoms with E-state index in [0.29, 0.717) is 18.9 Å². The summed E-state index contributed by atoms with van der Waals surface area (Å²) in [4.78, 5) is 0. The van der Waals surface area contributed by atoms with Gasteiger partial charge in [-0.1, -0.05) is 35.5 Å². The van der Waals surface area contributed by atoms with Crippen LogP contribution in [0.3, 0.4) is 0 Å². The molecule has 2 aromatic rings. The first-order valence-corrected chi connectivity index (χ1v) is 6.89. The summed E-state index contributed by atoms with van der Waals surface area (Å²) in [6, 6.07) is 17.2. The number of nitrogens with zero attached hydrogens (tertiary/aromatic N) is 1. The molecule has 0 aliphatic rings. The maximum absolute atomic E-state index is 8.76. The summed E-state index contributed by atoms with van der Waals surface area (Å²) < 4.78 is 11.3. The van der Waals surface area contributed by atoms with Gasteiger partial charge in [-0.2, -0.15) is 0 Å². The molecule has 0 bridgehead atoms. The van der Waals surface area contributed by atoms with Gasteiger partial charge < -0.3 is 14.7 Å². The van der Waals surface area contributed by atoms with Crippen LogP contribution in [-0.2, 0) is 0 Å². The van der Waals surface area contributed by atoms with Crippen molar-refractivity contribution in [1.82, 2.24) is 0 Å². The zero-order chi connectivity index (χ0) is 14.9. The Kier molecular flexibility index (Phi) is 5.64. The van der Waals surface area contributed by atoms with E-state index in [2.05, 4.69) is 5.16 Å². The number of oxime groups is 1. The Balaban J connectivity index is 1.74. The Morgan fingerprint density at radius 3 is 2.33 bits per heavy atom. The minimum atomic E-state index is 0.563. The van der Waals surface area contributed by atoms with Gasteiger partial charge in [-0.25, -0.2) is 0 Å². The molecule has 0 heterocycles. The van der Waals surface area contributed by atoms with Gasteiger partial charge >= 0.3 is 0 Å². The Morgan fingerprint density at radius 1 is 0.952 bits per heavy atom. The van der Waals surface area contributed by atoms with Gasteiger partial charge in [-0.3, -0.25) is 0 Å². The molecule has 4 nitrogen and oxygen atoms in total. The van der Waals surface area contributed by atoms with Crippen LogP contribution in [0.5, 0.6) is 11.5 Å². The lowest BCUT2D eigenvalue weighted by Crippen LogP contribution is -2.05. The molecule has 2 aromatic carbocycles. The van der Waals surface area contributed by atoms with Gasteiger partial charge in [0.2, 0.25) is 0 Å². The Labute approximate surface area is 124 Å². The first kappa shape index (κ1) is 14.9. The van der Waals surface area contributed by atoms with Crippen LogP contribution in [0.25, 0.3) is 0 Å². The van der Waals surface area contributed by atoms with Crippen molar-refractivity contribution in [2.45, 2.75) is 13.3 Å². The van der Waals surface area contributed by atoms with Crippen LogP contribution in [-0.4, -0.2) is 24.1 Å². The van der Waals surface area contributed by atoms with Gasteiger partial charge in [0, 0.05) is 12.0 Å². The zero-order valence-electron chi connectivity index (χ0n) is 12.0. The molecule has 0 aliphatic carbocycles. The molecule has 0 atom stereocenters. The minimum Gasteiger partial charge on any atom is -0.493 e. The van der Waals surface area contributed by atoms with E-state index in [9.17, 15) is 0 Å². The van der Waals surface area contributed by atoms with Crippen molar-refractivity contribution in [3.63, 3.8) is 0 Å². The fourth-order valence-electron chi connectivity index (χ4n) is 1.82. The first-order valence-electron chi connectivity index (χ1n) is 6.89. The van der Waals surface area contributed by atoms with Crippen molar-refractivity contribution in [1.29, 1.82) is 0 Å². The van der Waals surface area contributed by atoms with E-state index in [-0.39, 0.29) is 0 Å². The average molecular weight is 285 g/mol. The van der Waals surface area contributed by atoms with Crippen molar-refractivity contribution in [2.24, 2.45) is 5.16 Å². The third-order valence-corrected chi connectivity index (χ3v) is 2.97. The van der Waals surface area contributed by atoms with E-state index >= 15 is 0 Å². The molecule has 1 N–H and O–H groups in total. The molecule has 2 rings (SSSR count). The molecular weight excluding hydrogens is 266 g/mol. The number of hydrogen-bond acceptors (Lipinski definition) is 4. The summed E-state index contributed by atoms with van der Waals surface area (Å²) >= 11 is 0. The van der Waals surface area contributed by atoms with E-state index in [1.165, 1.54) is 0 Å². The second kappa shape index (κ2) is 7.94. The molecular formula is C17H19NO3. The molecule has 21 heavy (non-hydrogen) atoms. The van der Waals surface area contributed by atoms with Crippen LogP contribution < -0.4 is 9.47 Å². The van der Waals surface area contributed by atoms with Gasteiger partial charge in [0.25, 0.3) is 0 Å². The second-order valence-corrected chi connectivity index (χ2v) is 4.58. The molecule has 0 amide bonds. The van der Waals surface area contributed by atoms with Crippen LogP contribution in [0, 0.1) is 0 Å². The lowest BCUT2D eigenvalue weighted by Gasteiger charge is -2.09. The van der Waals surface area contributed by atoms with E-state index in [0.717, 1.165) is 23.5 Å². The lowest BCUT2D eigenvalue weighted by molar-refractivity contribution is 0.247. The smallest absolute Gasteiger partial charge is 0.119 e. The van der Waals surface area contributed by atoms with Crippen molar-refractivity contribution in [3.05, 3.63) is 60.2 Å². The van der Waals surface area contributed by atoms with E-state index in [1.807, 2.05) is 54.6 Å². The van der Waals surface area contributed by atoms with Crippen molar-refractivity contribution < 1.29 is 14.7 Å². The molecule has 0 radical (unpaired) electrons. The molecule has 0 spiro atoms. The maximum Gasteiger partial charge on any atom is 0.119 e. The SMILES string of the molecule is CC(=NO)c1cccc(OCCCOc2ccccc2)c1. The van der Waals surface area contributed by atoms with Crippen LogP contribution in [0.4, 0.5) is 0 Å². The highest BCUT2D eigenvalue weighted by molar-refractivity contribution is 5.98. The Hall–Kier alpha value is -2.49. The summed E-state index contributed by atoms with van der Waals surface area (Å²) in [5, 5.41) is 11.9. The summed E-state index contributed by atoms with van der Waals surface area (Å²) in [7, 11) is 0. The van der Waals surface area contributed by atoms with Gasteiger partial charge in [-0.05, 0) is 31.2 Å². The normalized spacial score (nSPS) is 11.2. The fraction of sp³-hybridized carbons (Fsp3) is 0.235. The van der Waals surface area contributed by atoms with Crippen molar-refractivity contribution in [3.8, 4) is 11.5 Å². The van der Waals surface area contributed by atoms with Gasteiger partial charge in [0.1, 0.15) is 11.5 Å². The van der Waals surface area contributed by atoms with E-state index < -0.39 is 0 Å². The molecule has 0 saturated heterocycles. The van der Waals surface area contributed by atoms with Gasteiger partial charge in [-0.15, -0.1) is 0 Å². The number of para-hydroxylation sites is 1. The van der Waals surface area contributed by atoms with E-state index in [4.69, 9.17) is 14.7 Å². The summed E-state index contributed by atoms with van der Waals surface area (Å²) in [5.74, 6) is 1.63. The predicted octanol–water partition coefficient (Wildman–Crippen LogP) is 3.73. The van der Waals surface area contributed by atoms with Gasteiger partial charge in [0.15, 0.2) is 0 Å². The fourth-order valence-corrected chi connectivity index (χ4v) is 1.82. The van der Waals surface area contributed by atoms with Crippen LogP contribution in [0.15, 0.2) is 59.8 Å². The monoisotopic (exact) mass is 285 g/mol. The predicted molar refractivity (Wildman–Crippen MR) is 82.5 cm³/mol. The number of benzene rings is 2.